The molecule has 33 heavy (non-hydrogen) atoms. The molecule has 3 unspecified atom stereocenters. The van der Waals surface area contributed by atoms with Crippen LogP contribution in [0.1, 0.15) is 24.8 Å². The molecule has 2 aromatic rings. The van der Waals surface area contributed by atoms with Gasteiger partial charge in [-0.3, -0.25) is 14.6 Å². The summed E-state index contributed by atoms with van der Waals surface area (Å²) in [4.78, 5) is 32.8. The van der Waals surface area contributed by atoms with Crippen molar-refractivity contribution >= 4 is 33.2 Å². The molecule has 2 saturated carbocycles. The number of aromatic nitrogens is 1. The summed E-state index contributed by atoms with van der Waals surface area (Å²) in [6.45, 7) is 0.230. The van der Waals surface area contributed by atoms with Gasteiger partial charge in [0.2, 0.25) is 5.91 Å². The smallest absolute Gasteiger partial charge is 0.287 e. The number of fused-ring (bicyclic) bond motifs is 6. The summed E-state index contributed by atoms with van der Waals surface area (Å²) in [6, 6.07) is 7.20. The molecule has 3 heterocycles. The molecule has 6 rings (SSSR count). The van der Waals surface area contributed by atoms with E-state index in [9.17, 15) is 22.4 Å². The second-order valence-electron chi connectivity index (χ2n) is 9.23. The average Bonchev–Trinajstić information content (AvgIpc) is 3.40. The molecule has 1 saturated heterocycles. The van der Waals surface area contributed by atoms with Gasteiger partial charge in [0.05, 0.1) is 5.69 Å². The van der Waals surface area contributed by atoms with E-state index in [1.54, 1.807) is 17.0 Å². The third kappa shape index (κ3) is 3.11. The number of hydrogen-bond acceptors (Lipinski definition) is 6. The van der Waals surface area contributed by atoms with Crippen molar-refractivity contribution in [2.45, 2.75) is 36.7 Å². The Hall–Kier alpha value is -3.14. The first-order valence-electron chi connectivity index (χ1n) is 11.0. The van der Waals surface area contributed by atoms with Crippen molar-refractivity contribution in [3.8, 4) is 0 Å². The standard InChI is InChI=1S/C23H21FN4O4S/c24-15-5-1-12(2-6-15)11-28-20-14-4-3-13(9-14)18(20)21(29)19(23(28)30)22-26-16-7-8-25-10-17(16)33(31,32)27-22/h1-2,5-8,10,13-14,18-20H,3-4,9,11H2,(H,26,27)/t13-,14+,18?,19?,20?/m0/s1. The summed E-state index contributed by atoms with van der Waals surface area (Å²) in [6.07, 6.45) is 5.39. The molecule has 170 valence electrons. The number of carbonyl (C=O) groups is 2. The van der Waals surface area contributed by atoms with Gasteiger partial charge in [-0.25, -0.2) is 4.39 Å². The molecule has 1 N–H and O–H groups in total. The monoisotopic (exact) mass is 468 g/mol. The van der Waals surface area contributed by atoms with Gasteiger partial charge in [0.15, 0.2) is 11.7 Å². The number of amidine groups is 1. The molecule has 0 radical (unpaired) electrons. The fraction of sp³-hybridized carbons (Fsp3) is 0.391. The minimum absolute atomic E-state index is 0.0922. The van der Waals surface area contributed by atoms with Gasteiger partial charge in [-0.05, 0) is 54.9 Å². The normalized spacial score (nSPS) is 31.6. The molecule has 2 aliphatic heterocycles. The zero-order valence-corrected chi connectivity index (χ0v) is 18.3. The Labute approximate surface area is 190 Å². The van der Waals surface area contributed by atoms with Crippen LogP contribution in [0.3, 0.4) is 0 Å². The lowest BCUT2D eigenvalue weighted by Gasteiger charge is -2.45. The maximum atomic E-state index is 13.8. The van der Waals surface area contributed by atoms with Gasteiger partial charge >= 0.3 is 0 Å². The van der Waals surface area contributed by atoms with Gasteiger partial charge < -0.3 is 10.2 Å². The van der Waals surface area contributed by atoms with E-state index in [4.69, 9.17) is 0 Å². The molecule has 1 aromatic heterocycles. The van der Waals surface area contributed by atoms with Gasteiger partial charge in [0, 0.05) is 30.9 Å². The number of ketones is 1. The number of hydrogen-bond donors (Lipinski definition) is 1. The third-order valence-electron chi connectivity index (χ3n) is 7.46. The van der Waals surface area contributed by atoms with Crippen LogP contribution in [0.15, 0.2) is 52.0 Å². The number of likely N-dealkylation sites (tertiary alicyclic amines) is 1. The highest BCUT2D eigenvalue weighted by Gasteiger charge is 2.60. The van der Waals surface area contributed by atoms with Crippen molar-refractivity contribution in [1.82, 2.24) is 9.88 Å². The van der Waals surface area contributed by atoms with Gasteiger partial charge in [0.1, 0.15) is 16.5 Å². The van der Waals surface area contributed by atoms with Crippen molar-refractivity contribution in [2.24, 2.45) is 28.1 Å². The fourth-order valence-corrected chi connectivity index (χ4v) is 7.21. The highest BCUT2D eigenvalue weighted by molar-refractivity contribution is 7.90. The summed E-state index contributed by atoms with van der Waals surface area (Å²) in [5, 5.41) is 2.91. The molecule has 8 nitrogen and oxygen atoms in total. The zero-order valence-electron chi connectivity index (χ0n) is 17.5. The number of amides is 1. The lowest BCUT2D eigenvalue weighted by molar-refractivity contribution is -0.153. The molecule has 2 aliphatic carbocycles. The molecule has 0 spiro atoms. The number of piperidine rings is 1. The van der Waals surface area contributed by atoms with Crippen LogP contribution in [0.2, 0.25) is 0 Å². The predicted molar refractivity (Wildman–Crippen MR) is 116 cm³/mol. The van der Waals surface area contributed by atoms with E-state index >= 15 is 0 Å². The van der Waals surface area contributed by atoms with Crippen molar-refractivity contribution in [1.29, 1.82) is 0 Å². The molecule has 5 atom stereocenters. The number of benzene rings is 1. The van der Waals surface area contributed by atoms with Crippen LogP contribution in [0, 0.1) is 29.5 Å². The van der Waals surface area contributed by atoms with Crippen LogP contribution in [0.25, 0.3) is 0 Å². The maximum absolute atomic E-state index is 13.8. The largest absolute Gasteiger partial charge is 0.341 e. The van der Waals surface area contributed by atoms with E-state index in [1.165, 1.54) is 30.6 Å². The average molecular weight is 469 g/mol. The Morgan fingerprint density at radius 3 is 2.64 bits per heavy atom. The molecule has 1 aromatic carbocycles. The zero-order chi connectivity index (χ0) is 22.9. The summed E-state index contributed by atoms with van der Waals surface area (Å²) >= 11 is 0. The predicted octanol–water partition coefficient (Wildman–Crippen LogP) is 2.38. The second kappa shape index (κ2) is 7.18. The molecule has 1 amide bonds. The number of rotatable bonds is 3. The van der Waals surface area contributed by atoms with Crippen molar-refractivity contribution in [2.75, 3.05) is 5.32 Å². The highest BCUT2D eigenvalue weighted by atomic mass is 32.2. The third-order valence-corrected chi connectivity index (χ3v) is 8.78. The minimum atomic E-state index is -4.10. The van der Waals surface area contributed by atoms with Crippen LogP contribution in [0.5, 0.6) is 0 Å². The minimum Gasteiger partial charge on any atom is -0.341 e. The molecule has 2 bridgehead atoms. The molecular formula is C23H21FN4O4S. The van der Waals surface area contributed by atoms with Gasteiger partial charge in [-0.1, -0.05) is 12.1 Å². The summed E-state index contributed by atoms with van der Waals surface area (Å²) in [5.41, 5.74) is 0.998. The Kier molecular flexibility index (Phi) is 4.45. The first-order valence-corrected chi connectivity index (χ1v) is 12.4. The Balaban J connectivity index is 1.41. The molecule has 4 aliphatic rings. The van der Waals surface area contributed by atoms with Crippen molar-refractivity contribution in [3.05, 3.63) is 54.1 Å². The number of sulfonamides is 1. The van der Waals surface area contributed by atoms with E-state index in [-0.39, 0.29) is 58.4 Å². The highest BCUT2D eigenvalue weighted by Crippen LogP contribution is 2.54. The van der Waals surface area contributed by atoms with E-state index in [1.807, 2.05) is 0 Å². The van der Waals surface area contributed by atoms with E-state index in [0.29, 0.717) is 0 Å². The van der Waals surface area contributed by atoms with Crippen LogP contribution >= 0.6 is 0 Å². The number of nitrogens with zero attached hydrogens (tertiary/aromatic N) is 3. The summed E-state index contributed by atoms with van der Waals surface area (Å²) in [7, 11) is -4.10. The summed E-state index contributed by atoms with van der Waals surface area (Å²) in [5.74, 6) is -2.49. The Morgan fingerprint density at radius 2 is 1.85 bits per heavy atom. The maximum Gasteiger partial charge on any atom is 0.287 e. The molecular weight excluding hydrogens is 447 g/mol. The first kappa shape index (κ1) is 20.5. The van der Waals surface area contributed by atoms with Crippen molar-refractivity contribution in [3.63, 3.8) is 0 Å². The fourth-order valence-electron chi connectivity index (χ4n) is 6.11. The van der Waals surface area contributed by atoms with Crippen molar-refractivity contribution < 1.29 is 22.4 Å². The number of halogens is 1. The van der Waals surface area contributed by atoms with Crippen LogP contribution in [0.4, 0.5) is 10.1 Å². The Morgan fingerprint density at radius 1 is 1.09 bits per heavy atom. The quantitative estimate of drug-likeness (QED) is 0.693. The topological polar surface area (TPSA) is 109 Å². The molecule has 3 fully saturated rings. The van der Waals surface area contributed by atoms with Gasteiger partial charge in [-0.15, -0.1) is 4.40 Å². The molecule has 10 heteroatoms. The number of pyridine rings is 1. The lowest BCUT2D eigenvalue weighted by atomic mass is 9.73. The number of carbonyl (C=O) groups excluding carboxylic acids is 2. The lowest BCUT2D eigenvalue weighted by Crippen LogP contribution is -2.61. The van der Waals surface area contributed by atoms with E-state index in [0.717, 1.165) is 24.8 Å². The Bertz CT molecular complexity index is 1310. The first-order chi connectivity index (χ1) is 15.8. The number of Topliss-reactive ketones (excluding diaryl/α,β-unsaturated/α-hetero) is 1. The van der Waals surface area contributed by atoms with Crippen LogP contribution < -0.4 is 5.32 Å². The van der Waals surface area contributed by atoms with Crippen LogP contribution in [-0.4, -0.2) is 41.9 Å². The SMILES string of the molecule is O=C1C(C2=NS(=O)(=O)c3cnccc3N2)C(=O)N(Cc2ccc(F)cc2)C2C1[C@H]1CC[C@@H]2C1. The summed E-state index contributed by atoms with van der Waals surface area (Å²) < 4.78 is 42.8. The second-order valence-corrected chi connectivity index (χ2v) is 10.8. The van der Waals surface area contributed by atoms with Crippen LogP contribution in [-0.2, 0) is 26.2 Å². The number of anilines is 1. The van der Waals surface area contributed by atoms with E-state index in [2.05, 4.69) is 14.7 Å². The van der Waals surface area contributed by atoms with Gasteiger partial charge in [0.25, 0.3) is 10.0 Å². The van der Waals surface area contributed by atoms with E-state index < -0.39 is 21.8 Å². The number of nitrogens with one attached hydrogen (secondary N) is 1. The van der Waals surface area contributed by atoms with Gasteiger partial charge in [-0.2, -0.15) is 8.42 Å².